The van der Waals surface area contributed by atoms with Gasteiger partial charge in [0.05, 0.1) is 6.61 Å². The zero-order valence-corrected chi connectivity index (χ0v) is 12.6. The minimum atomic E-state index is -1.84. The monoisotopic (exact) mass is 313 g/mol. The normalized spacial score (nSPS) is 15.0. The summed E-state index contributed by atoms with van der Waals surface area (Å²) in [5, 5.41) is 36.7. The van der Waals surface area contributed by atoms with Crippen molar-refractivity contribution in [2.75, 3.05) is 25.6 Å². The van der Waals surface area contributed by atoms with Gasteiger partial charge in [-0.05, 0) is 17.7 Å². The summed E-state index contributed by atoms with van der Waals surface area (Å²) in [5.74, 6) is -0.898. The van der Waals surface area contributed by atoms with Crippen molar-refractivity contribution < 1.29 is 25.2 Å². The minimum Gasteiger partial charge on any atom is -0.394 e. The standard InChI is InChI=1S/C14H23N3O5/c1-17(2)10-5-3-9(4-6-10)7-15-16-14(22)13(21)12(20)11(19)8-18/h3-6,11-13,15,18-21H,7-8H2,1-2H3,(H,16,22)/t11-,12-,13-/m1/s1. The molecule has 1 rings (SSSR count). The van der Waals surface area contributed by atoms with Crippen molar-refractivity contribution in [3.05, 3.63) is 29.8 Å². The average molecular weight is 313 g/mol. The van der Waals surface area contributed by atoms with E-state index in [0.717, 1.165) is 11.3 Å². The van der Waals surface area contributed by atoms with Gasteiger partial charge in [0.1, 0.15) is 12.2 Å². The van der Waals surface area contributed by atoms with Gasteiger partial charge in [0.15, 0.2) is 6.10 Å². The maximum atomic E-state index is 11.6. The molecular weight excluding hydrogens is 290 g/mol. The van der Waals surface area contributed by atoms with Gasteiger partial charge in [0.2, 0.25) is 0 Å². The summed E-state index contributed by atoms with van der Waals surface area (Å²) in [5.41, 5.74) is 6.80. The van der Waals surface area contributed by atoms with E-state index >= 15 is 0 Å². The quantitative estimate of drug-likeness (QED) is 0.305. The fourth-order valence-electron chi connectivity index (χ4n) is 1.69. The number of carbonyl (C=O) groups excluding carboxylic acids is 1. The van der Waals surface area contributed by atoms with E-state index < -0.39 is 30.8 Å². The molecule has 0 saturated heterocycles. The molecule has 0 aliphatic heterocycles. The molecule has 1 aromatic carbocycles. The molecule has 0 saturated carbocycles. The number of nitrogens with zero attached hydrogens (tertiary/aromatic N) is 1. The fourth-order valence-corrected chi connectivity index (χ4v) is 1.69. The molecule has 0 fully saturated rings. The molecule has 1 aromatic rings. The number of anilines is 1. The Labute approximate surface area is 129 Å². The highest BCUT2D eigenvalue weighted by atomic mass is 16.4. The highest BCUT2D eigenvalue weighted by molar-refractivity contribution is 5.80. The first kappa shape index (κ1) is 18.3. The molecule has 0 unspecified atom stereocenters. The highest BCUT2D eigenvalue weighted by Gasteiger charge is 2.29. The van der Waals surface area contributed by atoms with Crippen LogP contribution in [0.3, 0.4) is 0 Å². The van der Waals surface area contributed by atoms with Crippen LogP contribution in [-0.4, -0.2) is 65.3 Å². The highest BCUT2D eigenvalue weighted by Crippen LogP contribution is 2.11. The van der Waals surface area contributed by atoms with E-state index in [1.807, 2.05) is 43.3 Å². The van der Waals surface area contributed by atoms with Gasteiger partial charge >= 0.3 is 0 Å². The molecule has 8 heteroatoms. The number of aliphatic hydroxyl groups is 4. The van der Waals surface area contributed by atoms with Crippen molar-refractivity contribution >= 4 is 11.6 Å². The fraction of sp³-hybridized carbons (Fsp3) is 0.500. The Hall–Kier alpha value is -1.71. The molecule has 8 nitrogen and oxygen atoms in total. The largest absolute Gasteiger partial charge is 0.394 e. The molecule has 6 N–H and O–H groups in total. The zero-order chi connectivity index (χ0) is 16.7. The van der Waals surface area contributed by atoms with Crippen molar-refractivity contribution in [2.45, 2.75) is 24.9 Å². The Morgan fingerprint density at radius 1 is 1.18 bits per heavy atom. The van der Waals surface area contributed by atoms with Gasteiger partial charge in [-0.1, -0.05) is 12.1 Å². The van der Waals surface area contributed by atoms with Crippen molar-refractivity contribution in [2.24, 2.45) is 0 Å². The van der Waals surface area contributed by atoms with Crippen LogP contribution in [-0.2, 0) is 11.3 Å². The molecule has 0 aromatic heterocycles. The molecule has 0 spiro atoms. The Morgan fingerprint density at radius 2 is 1.77 bits per heavy atom. The number of benzene rings is 1. The van der Waals surface area contributed by atoms with Crippen LogP contribution in [0.4, 0.5) is 5.69 Å². The van der Waals surface area contributed by atoms with E-state index in [9.17, 15) is 15.0 Å². The van der Waals surface area contributed by atoms with Gasteiger partial charge in [0, 0.05) is 26.3 Å². The summed E-state index contributed by atoms with van der Waals surface area (Å²) < 4.78 is 0. The summed E-state index contributed by atoms with van der Waals surface area (Å²) in [7, 11) is 3.86. The molecule has 0 bridgehead atoms. The summed E-state index contributed by atoms with van der Waals surface area (Å²) in [6, 6.07) is 7.62. The van der Waals surface area contributed by atoms with Gasteiger partial charge in [-0.25, -0.2) is 5.43 Å². The Morgan fingerprint density at radius 3 is 2.27 bits per heavy atom. The molecule has 0 heterocycles. The third-order valence-corrected chi connectivity index (χ3v) is 3.13. The maximum absolute atomic E-state index is 11.6. The van der Waals surface area contributed by atoms with Gasteiger partial charge in [-0.15, -0.1) is 0 Å². The number of hydrogen-bond acceptors (Lipinski definition) is 7. The number of rotatable bonds is 8. The van der Waals surface area contributed by atoms with Crippen molar-refractivity contribution in [3.63, 3.8) is 0 Å². The van der Waals surface area contributed by atoms with Crippen molar-refractivity contribution in [1.29, 1.82) is 0 Å². The summed E-state index contributed by atoms with van der Waals surface area (Å²) in [4.78, 5) is 13.5. The second-order valence-electron chi connectivity index (χ2n) is 5.09. The van der Waals surface area contributed by atoms with E-state index in [4.69, 9.17) is 10.2 Å². The maximum Gasteiger partial charge on any atom is 0.265 e. The molecule has 124 valence electrons. The van der Waals surface area contributed by atoms with E-state index in [2.05, 4.69) is 10.9 Å². The van der Waals surface area contributed by atoms with Crippen molar-refractivity contribution in [3.8, 4) is 0 Å². The van der Waals surface area contributed by atoms with Gasteiger partial charge < -0.3 is 25.3 Å². The van der Waals surface area contributed by atoms with Crippen molar-refractivity contribution in [1.82, 2.24) is 10.9 Å². The van der Waals surface area contributed by atoms with Crippen LogP contribution >= 0.6 is 0 Å². The van der Waals surface area contributed by atoms with E-state index in [0.29, 0.717) is 6.54 Å². The van der Waals surface area contributed by atoms with Crippen LogP contribution in [0.5, 0.6) is 0 Å². The first-order chi connectivity index (χ1) is 10.4. The molecular formula is C14H23N3O5. The number of hydrazine groups is 1. The number of hydrogen-bond donors (Lipinski definition) is 6. The van der Waals surface area contributed by atoms with Crippen LogP contribution in [0, 0.1) is 0 Å². The van der Waals surface area contributed by atoms with E-state index in [1.165, 1.54) is 0 Å². The van der Waals surface area contributed by atoms with E-state index in [-0.39, 0.29) is 0 Å². The molecule has 0 radical (unpaired) electrons. The van der Waals surface area contributed by atoms with E-state index in [1.54, 1.807) is 0 Å². The second-order valence-corrected chi connectivity index (χ2v) is 5.09. The Balaban J connectivity index is 2.41. The SMILES string of the molecule is CN(C)c1ccc(CNNC(=O)[C@H](O)[C@H](O)[C@H](O)CO)cc1. The first-order valence-corrected chi connectivity index (χ1v) is 6.81. The Bertz CT molecular complexity index is 466. The minimum absolute atomic E-state index is 0.324. The summed E-state index contributed by atoms with van der Waals surface area (Å²) >= 11 is 0. The van der Waals surface area contributed by atoms with Crippen LogP contribution < -0.4 is 15.8 Å². The summed E-state index contributed by atoms with van der Waals surface area (Å²) in [6.07, 6.45) is -5.18. The van der Waals surface area contributed by atoms with Crippen LogP contribution in [0.1, 0.15) is 5.56 Å². The lowest BCUT2D eigenvalue weighted by Gasteiger charge is -2.21. The lowest BCUT2D eigenvalue weighted by Crippen LogP contribution is -2.51. The van der Waals surface area contributed by atoms with Gasteiger partial charge in [0.25, 0.3) is 5.91 Å². The first-order valence-electron chi connectivity index (χ1n) is 6.81. The van der Waals surface area contributed by atoms with Crippen LogP contribution in [0.2, 0.25) is 0 Å². The lowest BCUT2D eigenvalue weighted by molar-refractivity contribution is -0.143. The predicted molar refractivity (Wildman–Crippen MR) is 80.9 cm³/mol. The number of nitrogens with one attached hydrogen (secondary N) is 2. The number of carbonyl (C=O) groups is 1. The van der Waals surface area contributed by atoms with Gasteiger partial charge in [-0.2, -0.15) is 0 Å². The lowest BCUT2D eigenvalue weighted by atomic mass is 10.1. The molecule has 22 heavy (non-hydrogen) atoms. The average Bonchev–Trinajstić information content (AvgIpc) is 2.52. The zero-order valence-electron chi connectivity index (χ0n) is 12.6. The smallest absolute Gasteiger partial charge is 0.265 e. The van der Waals surface area contributed by atoms with Crippen LogP contribution in [0.15, 0.2) is 24.3 Å². The third-order valence-electron chi connectivity index (χ3n) is 3.13. The predicted octanol–water partition coefficient (Wildman–Crippen LogP) is -2.05. The number of amides is 1. The third kappa shape index (κ3) is 5.24. The number of aliphatic hydroxyl groups excluding tert-OH is 4. The molecule has 0 aliphatic carbocycles. The topological polar surface area (TPSA) is 125 Å². The molecule has 3 atom stereocenters. The van der Waals surface area contributed by atoms with Crippen LogP contribution in [0.25, 0.3) is 0 Å². The second kappa shape index (κ2) is 8.66. The Kier molecular flexibility index (Phi) is 7.22. The van der Waals surface area contributed by atoms with Gasteiger partial charge in [-0.3, -0.25) is 10.2 Å². The molecule has 0 aliphatic rings. The molecule has 1 amide bonds. The summed E-state index contributed by atoms with van der Waals surface area (Å²) in [6.45, 7) is -0.429.